The lowest BCUT2D eigenvalue weighted by atomic mass is 9.89. The zero-order chi connectivity index (χ0) is 26.7. The standard InChI is InChI=1S/C32H34N6O2/c1-2-7-23(8-3-1)21-38-22-33-29-30(34-25-13-15-26(16-14-25)37-17-19-39-20-18-37)35-32(36-31(29)38)40-28-12-6-10-24-9-4-5-11-27(24)28/h4-6,9-16,22-23H,1-3,7-8,17-21H2,(H,34,35,36). The number of nitrogens with one attached hydrogen (secondary N) is 1. The highest BCUT2D eigenvalue weighted by atomic mass is 16.5. The first kappa shape index (κ1) is 24.8. The molecule has 1 saturated heterocycles. The van der Waals surface area contributed by atoms with Crippen LogP contribution < -0.4 is 15.0 Å². The summed E-state index contributed by atoms with van der Waals surface area (Å²) < 4.78 is 14.0. The Hall–Kier alpha value is -4.17. The predicted molar refractivity (Wildman–Crippen MR) is 159 cm³/mol. The van der Waals surface area contributed by atoms with Crippen LogP contribution in [0.3, 0.4) is 0 Å². The molecule has 1 saturated carbocycles. The van der Waals surface area contributed by atoms with Crippen LogP contribution in [0.4, 0.5) is 17.2 Å². The van der Waals surface area contributed by atoms with Crippen LogP contribution in [0.5, 0.6) is 11.8 Å². The van der Waals surface area contributed by atoms with Crippen LogP contribution in [-0.4, -0.2) is 45.8 Å². The summed E-state index contributed by atoms with van der Waals surface area (Å²) in [7, 11) is 0. The number of morpholine rings is 1. The van der Waals surface area contributed by atoms with E-state index >= 15 is 0 Å². The first-order chi connectivity index (χ1) is 19.8. The van der Waals surface area contributed by atoms with Crippen LogP contribution in [0, 0.1) is 5.92 Å². The quantitative estimate of drug-likeness (QED) is 0.243. The molecule has 2 aromatic heterocycles. The van der Waals surface area contributed by atoms with E-state index in [9.17, 15) is 0 Å². The number of fused-ring (bicyclic) bond motifs is 2. The van der Waals surface area contributed by atoms with E-state index in [1.165, 1.54) is 37.8 Å². The van der Waals surface area contributed by atoms with Gasteiger partial charge in [-0.2, -0.15) is 9.97 Å². The van der Waals surface area contributed by atoms with E-state index in [1.807, 2.05) is 30.6 Å². The smallest absolute Gasteiger partial charge is 0.326 e. The van der Waals surface area contributed by atoms with Crippen LogP contribution in [-0.2, 0) is 11.3 Å². The van der Waals surface area contributed by atoms with Crippen molar-refractivity contribution in [2.24, 2.45) is 5.92 Å². The van der Waals surface area contributed by atoms with E-state index in [2.05, 4.69) is 57.2 Å². The minimum Gasteiger partial charge on any atom is -0.424 e. The van der Waals surface area contributed by atoms with Gasteiger partial charge in [-0.05, 0) is 54.5 Å². The van der Waals surface area contributed by atoms with Crippen molar-refractivity contribution in [3.05, 3.63) is 73.1 Å². The molecule has 204 valence electrons. The Morgan fingerprint density at radius 3 is 2.52 bits per heavy atom. The Balaban J connectivity index is 1.23. The van der Waals surface area contributed by atoms with Gasteiger partial charge in [-0.25, -0.2) is 4.98 Å². The molecule has 0 spiro atoms. The molecule has 0 radical (unpaired) electrons. The van der Waals surface area contributed by atoms with Crippen molar-refractivity contribution in [3.63, 3.8) is 0 Å². The number of hydrogen-bond donors (Lipinski definition) is 1. The fourth-order valence-corrected chi connectivity index (χ4v) is 5.94. The summed E-state index contributed by atoms with van der Waals surface area (Å²) >= 11 is 0. The van der Waals surface area contributed by atoms with E-state index in [4.69, 9.17) is 24.4 Å². The largest absolute Gasteiger partial charge is 0.424 e. The molecule has 1 aliphatic carbocycles. The molecule has 7 rings (SSSR count). The van der Waals surface area contributed by atoms with Gasteiger partial charge in [-0.15, -0.1) is 0 Å². The lowest BCUT2D eigenvalue weighted by Crippen LogP contribution is -2.36. The van der Waals surface area contributed by atoms with E-state index in [-0.39, 0.29) is 0 Å². The molecular weight excluding hydrogens is 500 g/mol. The highest BCUT2D eigenvalue weighted by molar-refractivity contribution is 5.89. The zero-order valence-corrected chi connectivity index (χ0v) is 22.6. The van der Waals surface area contributed by atoms with Crippen molar-refractivity contribution in [3.8, 4) is 11.8 Å². The monoisotopic (exact) mass is 534 g/mol. The summed E-state index contributed by atoms with van der Waals surface area (Å²) in [6.45, 7) is 4.26. The highest BCUT2D eigenvalue weighted by Gasteiger charge is 2.20. The molecule has 1 N–H and O–H groups in total. The van der Waals surface area contributed by atoms with Crippen molar-refractivity contribution in [1.29, 1.82) is 0 Å². The maximum Gasteiger partial charge on any atom is 0.326 e. The molecule has 1 aliphatic heterocycles. The van der Waals surface area contributed by atoms with E-state index in [1.54, 1.807) is 0 Å². The maximum atomic E-state index is 6.37. The highest BCUT2D eigenvalue weighted by Crippen LogP contribution is 2.33. The number of ether oxygens (including phenoxy) is 2. The van der Waals surface area contributed by atoms with Gasteiger partial charge in [0.1, 0.15) is 5.75 Å². The average Bonchev–Trinajstić information content (AvgIpc) is 3.41. The van der Waals surface area contributed by atoms with Crippen LogP contribution in [0.2, 0.25) is 0 Å². The Labute approximate surface area is 234 Å². The summed E-state index contributed by atoms with van der Waals surface area (Å²) in [5.74, 6) is 2.02. The molecule has 40 heavy (non-hydrogen) atoms. The van der Waals surface area contributed by atoms with Gasteiger partial charge in [0, 0.05) is 36.4 Å². The van der Waals surface area contributed by atoms with Crippen LogP contribution in [0.1, 0.15) is 32.1 Å². The number of rotatable bonds is 7. The second-order valence-electron chi connectivity index (χ2n) is 10.8. The first-order valence-electron chi connectivity index (χ1n) is 14.4. The third kappa shape index (κ3) is 5.19. The number of hydrogen-bond acceptors (Lipinski definition) is 7. The van der Waals surface area contributed by atoms with Crippen molar-refractivity contribution >= 4 is 39.1 Å². The molecule has 2 fully saturated rings. The Kier molecular flexibility index (Phi) is 6.92. The van der Waals surface area contributed by atoms with E-state index in [0.717, 1.165) is 66.2 Å². The van der Waals surface area contributed by atoms with Gasteiger partial charge < -0.3 is 24.3 Å². The number of imidazole rings is 1. The first-order valence-corrected chi connectivity index (χ1v) is 14.4. The van der Waals surface area contributed by atoms with E-state index < -0.39 is 0 Å². The van der Waals surface area contributed by atoms with Crippen molar-refractivity contribution in [2.45, 2.75) is 38.6 Å². The zero-order valence-electron chi connectivity index (χ0n) is 22.6. The summed E-state index contributed by atoms with van der Waals surface area (Å²) in [6.07, 6.45) is 8.35. The molecule has 3 heterocycles. The molecule has 0 atom stereocenters. The van der Waals surface area contributed by atoms with Gasteiger partial charge in [-0.3, -0.25) is 0 Å². The fraction of sp³-hybridized carbons (Fsp3) is 0.344. The Morgan fingerprint density at radius 2 is 1.68 bits per heavy atom. The molecule has 8 heteroatoms. The Bertz CT molecular complexity index is 1600. The second-order valence-corrected chi connectivity index (χ2v) is 10.8. The second kappa shape index (κ2) is 11.1. The molecular formula is C32H34N6O2. The lowest BCUT2D eigenvalue weighted by Gasteiger charge is -2.28. The molecule has 0 bridgehead atoms. The lowest BCUT2D eigenvalue weighted by molar-refractivity contribution is 0.122. The van der Waals surface area contributed by atoms with Gasteiger partial charge in [0.25, 0.3) is 0 Å². The third-order valence-electron chi connectivity index (χ3n) is 8.08. The van der Waals surface area contributed by atoms with Crippen molar-refractivity contribution in [1.82, 2.24) is 19.5 Å². The number of anilines is 3. The molecule has 5 aromatic rings. The Morgan fingerprint density at radius 1 is 0.875 bits per heavy atom. The van der Waals surface area contributed by atoms with Crippen molar-refractivity contribution in [2.75, 3.05) is 36.5 Å². The van der Waals surface area contributed by atoms with Crippen LogP contribution >= 0.6 is 0 Å². The van der Waals surface area contributed by atoms with Crippen LogP contribution in [0.25, 0.3) is 21.9 Å². The molecule has 8 nitrogen and oxygen atoms in total. The molecule has 0 amide bonds. The summed E-state index contributed by atoms with van der Waals surface area (Å²) in [4.78, 5) is 16.8. The number of aromatic nitrogens is 4. The summed E-state index contributed by atoms with van der Waals surface area (Å²) in [5, 5.41) is 5.65. The SMILES string of the molecule is c1ccc2c(Oc3nc(Nc4ccc(N5CCOCC5)cc4)c4ncn(CC5CCCCC5)c4n3)cccc2c1. The van der Waals surface area contributed by atoms with E-state index in [0.29, 0.717) is 17.7 Å². The minimum atomic E-state index is 0.307. The minimum absolute atomic E-state index is 0.307. The number of benzene rings is 3. The molecule has 0 unspecified atom stereocenters. The van der Waals surface area contributed by atoms with Gasteiger partial charge in [-0.1, -0.05) is 55.7 Å². The van der Waals surface area contributed by atoms with Gasteiger partial charge in [0.05, 0.1) is 19.5 Å². The van der Waals surface area contributed by atoms with Gasteiger partial charge >= 0.3 is 6.01 Å². The topological polar surface area (TPSA) is 77.3 Å². The van der Waals surface area contributed by atoms with Crippen LogP contribution in [0.15, 0.2) is 73.1 Å². The predicted octanol–water partition coefficient (Wildman–Crippen LogP) is 6.93. The third-order valence-corrected chi connectivity index (χ3v) is 8.08. The maximum absolute atomic E-state index is 6.37. The fourth-order valence-electron chi connectivity index (χ4n) is 5.94. The summed E-state index contributed by atoms with van der Waals surface area (Å²) in [6, 6.07) is 23.0. The van der Waals surface area contributed by atoms with Gasteiger partial charge in [0.2, 0.25) is 0 Å². The van der Waals surface area contributed by atoms with Gasteiger partial charge in [0.15, 0.2) is 17.0 Å². The summed E-state index contributed by atoms with van der Waals surface area (Å²) in [5.41, 5.74) is 3.68. The van der Waals surface area contributed by atoms with Crippen molar-refractivity contribution < 1.29 is 9.47 Å². The molecule has 3 aromatic carbocycles. The molecule has 2 aliphatic rings. The average molecular weight is 535 g/mol. The number of nitrogens with zero attached hydrogens (tertiary/aromatic N) is 5. The normalized spacial score (nSPS) is 16.4.